The molecule has 2 heterocycles. The maximum absolute atomic E-state index is 11.9. The summed E-state index contributed by atoms with van der Waals surface area (Å²) < 4.78 is 0. The maximum atomic E-state index is 11.9. The maximum Gasteiger partial charge on any atom is 0.227 e. The molecule has 0 saturated heterocycles. The molecule has 0 aliphatic carbocycles. The minimum atomic E-state index is 0.0786. The summed E-state index contributed by atoms with van der Waals surface area (Å²) in [4.78, 5) is 18.8. The number of aryl methyl sites for hydroxylation is 1. The molecule has 0 radical (unpaired) electrons. The minimum Gasteiger partial charge on any atom is -0.338 e. The molecular weight excluding hydrogens is 236 g/mol. The van der Waals surface area contributed by atoms with E-state index in [1.807, 2.05) is 24.4 Å². The Morgan fingerprint density at radius 2 is 2.41 bits per heavy atom. The van der Waals surface area contributed by atoms with E-state index in [1.54, 1.807) is 23.3 Å². The van der Waals surface area contributed by atoms with Crippen LogP contribution in [0.5, 0.6) is 0 Å². The zero-order chi connectivity index (χ0) is 12.3. The van der Waals surface area contributed by atoms with E-state index in [2.05, 4.69) is 15.2 Å². The Balaban J connectivity index is 1.91. The molecule has 5 nitrogen and oxygen atoms in total. The smallest absolute Gasteiger partial charge is 0.227 e. The van der Waals surface area contributed by atoms with Crippen molar-refractivity contribution >= 4 is 17.2 Å². The number of carbonyl (C=O) groups is 1. The largest absolute Gasteiger partial charge is 0.338 e. The Kier molecular flexibility index (Phi) is 3.53. The molecule has 0 fully saturated rings. The third kappa shape index (κ3) is 3.13. The van der Waals surface area contributed by atoms with E-state index in [0.29, 0.717) is 18.8 Å². The van der Waals surface area contributed by atoms with Crippen LogP contribution in [-0.2, 0) is 17.8 Å². The SMILES string of the molecule is Cc1nc(CN(C)C(=O)Cc2cccs2)n[nH]1. The van der Waals surface area contributed by atoms with Crippen molar-refractivity contribution < 1.29 is 4.79 Å². The van der Waals surface area contributed by atoms with E-state index < -0.39 is 0 Å². The van der Waals surface area contributed by atoms with Crippen LogP contribution in [0.15, 0.2) is 17.5 Å². The van der Waals surface area contributed by atoms with Gasteiger partial charge in [0.1, 0.15) is 5.82 Å². The summed E-state index contributed by atoms with van der Waals surface area (Å²) in [5.41, 5.74) is 0. The Labute approximate surface area is 103 Å². The summed E-state index contributed by atoms with van der Waals surface area (Å²) in [6, 6.07) is 3.92. The Morgan fingerprint density at radius 3 is 3.00 bits per heavy atom. The van der Waals surface area contributed by atoms with E-state index in [9.17, 15) is 4.79 Å². The predicted molar refractivity (Wildman–Crippen MR) is 65.6 cm³/mol. The Morgan fingerprint density at radius 1 is 1.59 bits per heavy atom. The highest BCUT2D eigenvalue weighted by atomic mass is 32.1. The van der Waals surface area contributed by atoms with Gasteiger partial charge in [-0.25, -0.2) is 4.98 Å². The van der Waals surface area contributed by atoms with Crippen molar-refractivity contribution in [3.63, 3.8) is 0 Å². The molecule has 0 unspecified atom stereocenters. The van der Waals surface area contributed by atoms with Crippen LogP contribution in [0.2, 0.25) is 0 Å². The third-order valence-corrected chi connectivity index (χ3v) is 3.23. The van der Waals surface area contributed by atoms with Crippen LogP contribution in [0.1, 0.15) is 16.5 Å². The number of aromatic nitrogens is 3. The molecule has 2 rings (SSSR count). The number of likely N-dealkylation sites (N-methyl/N-ethyl adjacent to an activating group) is 1. The van der Waals surface area contributed by atoms with Crippen LogP contribution in [0.3, 0.4) is 0 Å². The first-order valence-electron chi connectivity index (χ1n) is 5.29. The minimum absolute atomic E-state index is 0.0786. The van der Waals surface area contributed by atoms with Crippen molar-refractivity contribution in [3.05, 3.63) is 34.0 Å². The number of amides is 1. The fourth-order valence-electron chi connectivity index (χ4n) is 1.46. The van der Waals surface area contributed by atoms with Gasteiger partial charge >= 0.3 is 0 Å². The van der Waals surface area contributed by atoms with Crippen LogP contribution in [-0.4, -0.2) is 33.0 Å². The summed E-state index contributed by atoms with van der Waals surface area (Å²) in [6.45, 7) is 2.28. The molecule has 0 aliphatic heterocycles. The highest BCUT2D eigenvalue weighted by molar-refractivity contribution is 7.10. The molecule has 0 atom stereocenters. The van der Waals surface area contributed by atoms with Crippen LogP contribution in [0.25, 0.3) is 0 Å². The van der Waals surface area contributed by atoms with Gasteiger partial charge in [-0.3, -0.25) is 9.89 Å². The number of hydrogen-bond donors (Lipinski definition) is 1. The molecule has 0 aliphatic rings. The van der Waals surface area contributed by atoms with E-state index in [-0.39, 0.29) is 5.91 Å². The second kappa shape index (κ2) is 5.09. The molecule has 0 bridgehead atoms. The summed E-state index contributed by atoms with van der Waals surface area (Å²) in [6.07, 6.45) is 0.442. The van der Waals surface area contributed by atoms with Crippen LogP contribution in [0.4, 0.5) is 0 Å². The van der Waals surface area contributed by atoms with Gasteiger partial charge in [0.25, 0.3) is 0 Å². The summed E-state index contributed by atoms with van der Waals surface area (Å²) in [5.74, 6) is 1.48. The number of H-pyrrole nitrogens is 1. The van der Waals surface area contributed by atoms with Crippen molar-refractivity contribution in [2.24, 2.45) is 0 Å². The standard InChI is InChI=1S/C11H14N4OS/c1-8-12-10(14-13-8)7-15(2)11(16)6-9-4-3-5-17-9/h3-5H,6-7H2,1-2H3,(H,12,13,14). The molecule has 0 aromatic carbocycles. The van der Waals surface area contributed by atoms with Gasteiger partial charge in [0.2, 0.25) is 5.91 Å². The molecule has 17 heavy (non-hydrogen) atoms. The highest BCUT2D eigenvalue weighted by Gasteiger charge is 2.12. The average Bonchev–Trinajstić information content (AvgIpc) is 2.90. The van der Waals surface area contributed by atoms with Gasteiger partial charge in [0.15, 0.2) is 5.82 Å². The zero-order valence-electron chi connectivity index (χ0n) is 9.80. The number of thiophene rings is 1. The Hall–Kier alpha value is -1.69. The van der Waals surface area contributed by atoms with Crippen LogP contribution < -0.4 is 0 Å². The van der Waals surface area contributed by atoms with Gasteiger partial charge in [-0.05, 0) is 18.4 Å². The Bertz CT molecular complexity index is 491. The van der Waals surface area contributed by atoms with Crippen molar-refractivity contribution in [2.45, 2.75) is 19.9 Å². The first-order chi connectivity index (χ1) is 8.15. The van der Waals surface area contributed by atoms with Gasteiger partial charge in [-0.1, -0.05) is 6.07 Å². The quantitative estimate of drug-likeness (QED) is 0.891. The van der Waals surface area contributed by atoms with Crippen molar-refractivity contribution in [1.82, 2.24) is 20.1 Å². The summed E-state index contributed by atoms with van der Waals surface area (Å²) in [5, 5.41) is 8.74. The second-order valence-corrected chi connectivity index (χ2v) is 4.88. The number of carbonyl (C=O) groups excluding carboxylic acids is 1. The lowest BCUT2D eigenvalue weighted by molar-refractivity contribution is -0.129. The fourth-order valence-corrected chi connectivity index (χ4v) is 2.15. The normalized spacial score (nSPS) is 10.5. The molecule has 2 aromatic heterocycles. The van der Waals surface area contributed by atoms with Gasteiger partial charge in [-0.2, -0.15) is 5.10 Å². The molecule has 0 spiro atoms. The zero-order valence-corrected chi connectivity index (χ0v) is 10.6. The van der Waals surface area contributed by atoms with Gasteiger partial charge in [0.05, 0.1) is 13.0 Å². The first kappa shape index (κ1) is 11.8. The van der Waals surface area contributed by atoms with E-state index in [1.165, 1.54) is 0 Å². The molecule has 2 aromatic rings. The number of nitrogens with one attached hydrogen (secondary N) is 1. The van der Waals surface area contributed by atoms with E-state index in [0.717, 1.165) is 10.7 Å². The average molecular weight is 250 g/mol. The molecule has 0 saturated carbocycles. The lowest BCUT2D eigenvalue weighted by Gasteiger charge is -2.14. The highest BCUT2D eigenvalue weighted by Crippen LogP contribution is 2.10. The van der Waals surface area contributed by atoms with Gasteiger partial charge in [0, 0.05) is 11.9 Å². The molecule has 1 N–H and O–H groups in total. The third-order valence-electron chi connectivity index (χ3n) is 2.35. The number of aromatic amines is 1. The van der Waals surface area contributed by atoms with Crippen molar-refractivity contribution in [3.8, 4) is 0 Å². The van der Waals surface area contributed by atoms with Gasteiger partial charge in [-0.15, -0.1) is 11.3 Å². The fraction of sp³-hybridized carbons (Fsp3) is 0.364. The molecule has 6 heteroatoms. The number of nitrogens with zero attached hydrogens (tertiary/aromatic N) is 3. The second-order valence-electron chi connectivity index (χ2n) is 3.84. The van der Waals surface area contributed by atoms with E-state index in [4.69, 9.17) is 0 Å². The molecule has 1 amide bonds. The van der Waals surface area contributed by atoms with Gasteiger partial charge < -0.3 is 4.90 Å². The number of rotatable bonds is 4. The molecular formula is C11H14N4OS. The monoisotopic (exact) mass is 250 g/mol. The predicted octanol–water partition coefficient (Wildman–Crippen LogP) is 1.38. The lowest BCUT2D eigenvalue weighted by atomic mass is 10.3. The van der Waals surface area contributed by atoms with Crippen molar-refractivity contribution in [1.29, 1.82) is 0 Å². The topological polar surface area (TPSA) is 61.9 Å². The van der Waals surface area contributed by atoms with Crippen molar-refractivity contribution in [2.75, 3.05) is 7.05 Å². The first-order valence-corrected chi connectivity index (χ1v) is 6.17. The number of hydrogen-bond acceptors (Lipinski definition) is 4. The van der Waals surface area contributed by atoms with E-state index >= 15 is 0 Å². The lowest BCUT2D eigenvalue weighted by Crippen LogP contribution is -2.27. The summed E-state index contributed by atoms with van der Waals surface area (Å²) in [7, 11) is 1.77. The van der Waals surface area contributed by atoms with Crippen LogP contribution >= 0.6 is 11.3 Å². The van der Waals surface area contributed by atoms with Crippen LogP contribution in [0, 0.1) is 6.92 Å². The molecule has 90 valence electrons. The summed E-state index contributed by atoms with van der Waals surface area (Å²) >= 11 is 1.59.